The SMILES string of the molecule is C=CCCC(=O)C(CN)CC(C)C. The lowest BCUT2D eigenvalue weighted by molar-refractivity contribution is -0.123. The number of carbonyl (C=O) groups is 1. The van der Waals surface area contributed by atoms with E-state index in [2.05, 4.69) is 20.4 Å². The van der Waals surface area contributed by atoms with Gasteiger partial charge in [-0.15, -0.1) is 6.58 Å². The molecule has 2 nitrogen and oxygen atoms in total. The Morgan fingerprint density at radius 3 is 2.54 bits per heavy atom. The van der Waals surface area contributed by atoms with Gasteiger partial charge in [0, 0.05) is 18.9 Å². The Hall–Kier alpha value is -0.630. The van der Waals surface area contributed by atoms with Gasteiger partial charge in [0.15, 0.2) is 0 Å². The Morgan fingerprint density at radius 2 is 2.15 bits per heavy atom. The fourth-order valence-corrected chi connectivity index (χ4v) is 1.38. The molecule has 0 aromatic rings. The quantitative estimate of drug-likeness (QED) is 0.614. The molecule has 0 amide bonds. The van der Waals surface area contributed by atoms with Gasteiger partial charge in [0.2, 0.25) is 0 Å². The summed E-state index contributed by atoms with van der Waals surface area (Å²) in [6.07, 6.45) is 4.05. The molecule has 1 atom stereocenters. The summed E-state index contributed by atoms with van der Waals surface area (Å²) >= 11 is 0. The maximum atomic E-state index is 11.5. The summed E-state index contributed by atoms with van der Waals surface area (Å²) in [5.41, 5.74) is 5.55. The summed E-state index contributed by atoms with van der Waals surface area (Å²) in [7, 11) is 0. The molecule has 0 saturated carbocycles. The summed E-state index contributed by atoms with van der Waals surface area (Å²) < 4.78 is 0. The zero-order valence-electron chi connectivity index (χ0n) is 8.75. The normalized spacial score (nSPS) is 12.9. The van der Waals surface area contributed by atoms with Crippen molar-refractivity contribution in [1.29, 1.82) is 0 Å². The number of nitrogens with two attached hydrogens (primary N) is 1. The molecule has 0 aromatic carbocycles. The molecule has 0 saturated heterocycles. The van der Waals surface area contributed by atoms with Gasteiger partial charge in [-0.3, -0.25) is 4.79 Å². The summed E-state index contributed by atoms with van der Waals surface area (Å²) in [5.74, 6) is 0.886. The molecule has 2 N–H and O–H groups in total. The number of Topliss-reactive ketones (excluding diaryl/α,β-unsaturated/α-hetero) is 1. The number of carbonyl (C=O) groups excluding carboxylic acids is 1. The van der Waals surface area contributed by atoms with E-state index in [1.807, 2.05) is 0 Å². The minimum absolute atomic E-state index is 0.0555. The van der Waals surface area contributed by atoms with Gasteiger partial charge >= 0.3 is 0 Å². The van der Waals surface area contributed by atoms with Crippen molar-refractivity contribution in [1.82, 2.24) is 0 Å². The standard InChI is InChI=1S/C11H21NO/c1-4-5-6-11(13)10(8-12)7-9(2)3/h4,9-10H,1,5-8,12H2,2-3H3. The predicted molar refractivity (Wildman–Crippen MR) is 56.4 cm³/mol. The third kappa shape index (κ3) is 5.58. The van der Waals surface area contributed by atoms with Gasteiger partial charge < -0.3 is 5.73 Å². The molecule has 0 bridgehead atoms. The zero-order valence-corrected chi connectivity index (χ0v) is 8.75. The zero-order chi connectivity index (χ0) is 10.3. The van der Waals surface area contributed by atoms with Crippen molar-refractivity contribution in [2.24, 2.45) is 17.6 Å². The highest BCUT2D eigenvalue weighted by atomic mass is 16.1. The van der Waals surface area contributed by atoms with Crippen LogP contribution in [0.1, 0.15) is 33.1 Å². The molecule has 0 aromatic heterocycles. The first-order valence-corrected chi connectivity index (χ1v) is 4.95. The van der Waals surface area contributed by atoms with Crippen LogP contribution in [0.15, 0.2) is 12.7 Å². The Morgan fingerprint density at radius 1 is 1.54 bits per heavy atom. The Bertz CT molecular complexity index is 163. The monoisotopic (exact) mass is 183 g/mol. The van der Waals surface area contributed by atoms with E-state index < -0.39 is 0 Å². The van der Waals surface area contributed by atoms with Crippen LogP contribution < -0.4 is 5.73 Å². The third-order valence-corrected chi connectivity index (χ3v) is 2.09. The molecule has 0 rings (SSSR count). The van der Waals surface area contributed by atoms with Crippen LogP contribution in [0.25, 0.3) is 0 Å². The van der Waals surface area contributed by atoms with Crippen LogP contribution in [-0.2, 0) is 4.79 Å². The van der Waals surface area contributed by atoms with Crippen LogP contribution in [0.4, 0.5) is 0 Å². The average Bonchev–Trinajstić information content (AvgIpc) is 2.09. The van der Waals surface area contributed by atoms with Gasteiger partial charge in [-0.05, 0) is 18.8 Å². The maximum Gasteiger partial charge on any atom is 0.137 e. The predicted octanol–water partition coefficient (Wildman–Crippen LogP) is 2.14. The van der Waals surface area contributed by atoms with Gasteiger partial charge in [-0.2, -0.15) is 0 Å². The van der Waals surface area contributed by atoms with Crippen molar-refractivity contribution < 1.29 is 4.79 Å². The third-order valence-electron chi connectivity index (χ3n) is 2.09. The first kappa shape index (κ1) is 12.4. The molecular weight excluding hydrogens is 162 g/mol. The second kappa shape index (κ2) is 6.84. The Balaban J connectivity index is 3.91. The van der Waals surface area contributed by atoms with Crippen molar-refractivity contribution in [3.8, 4) is 0 Å². The van der Waals surface area contributed by atoms with E-state index in [0.29, 0.717) is 18.9 Å². The van der Waals surface area contributed by atoms with Crippen molar-refractivity contribution in [3.05, 3.63) is 12.7 Å². The molecular formula is C11H21NO. The number of hydrogen-bond donors (Lipinski definition) is 1. The van der Waals surface area contributed by atoms with Crippen LogP contribution in [0.2, 0.25) is 0 Å². The number of ketones is 1. The minimum Gasteiger partial charge on any atom is -0.330 e. The van der Waals surface area contributed by atoms with E-state index in [1.54, 1.807) is 6.08 Å². The lowest BCUT2D eigenvalue weighted by atomic mass is 9.91. The molecule has 76 valence electrons. The number of hydrogen-bond acceptors (Lipinski definition) is 2. The first-order valence-electron chi connectivity index (χ1n) is 4.95. The van der Waals surface area contributed by atoms with E-state index in [0.717, 1.165) is 12.8 Å². The second-order valence-corrected chi connectivity index (χ2v) is 3.86. The van der Waals surface area contributed by atoms with Crippen LogP contribution in [0, 0.1) is 11.8 Å². The molecule has 0 aliphatic carbocycles. The van der Waals surface area contributed by atoms with Crippen LogP contribution in [-0.4, -0.2) is 12.3 Å². The van der Waals surface area contributed by atoms with Gasteiger partial charge in [-0.1, -0.05) is 19.9 Å². The fourth-order valence-electron chi connectivity index (χ4n) is 1.38. The number of allylic oxidation sites excluding steroid dienone is 1. The first-order chi connectivity index (χ1) is 6.11. The van der Waals surface area contributed by atoms with Crippen molar-refractivity contribution in [3.63, 3.8) is 0 Å². The van der Waals surface area contributed by atoms with Crippen molar-refractivity contribution in [2.45, 2.75) is 33.1 Å². The minimum atomic E-state index is 0.0555. The Labute approximate surface area is 81.2 Å². The molecule has 0 fully saturated rings. The average molecular weight is 183 g/mol. The summed E-state index contributed by atoms with van der Waals surface area (Å²) in [4.78, 5) is 11.5. The van der Waals surface area contributed by atoms with Crippen LogP contribution in [0.3, 0.4) is 0 Å². The molecule has 1 unspecified atom stereocenters. The van der Waals surface area contributed by atoms with E-state index in [1.165, 1.54) is 0 Å². The van der Waals surface area contributed by atoms with Crippen LogP contribution >= 0.6 is 0 Å². The van der Waals surface area contributed by atoms with Gasteiger partial charge in [-0.25, -0.2) is 0 Å². The van der Waals surface area contributed by atoms with Crippen LogP contribution in [0.5, 0.6) is 0 Å². The number of rotatable bonds is 7. The summed E-state index contributed by atoms with van der Waals surface area (Å²) in [6.45, 7) is 8.30. The van der Waals surface area contributed by atoms with E-state index >= 15 is 0 Å². The lowest BCUT2D eigenvalue weighted by Crippen LogP contribution is -2.25. The highest BCUT2D eigenvalue weighted by Gasteiger charge is 2.16. The topological polar surface area (TPSA) is 43.1 Å². The lowest BCUT2D eigenvalue weighted by Gasteiger charge is -2.15. The molecule has 13 heavy (non-hydrogen) atoms. The molecule has 0 aliphatic heterocycles. The van der Waals surface area contributed by atoms with E-state index in [-0.39, 0.29) is 11.7 Å². The smallest absolute Gasteiger partial charge is 0.137 e. The molecule has 2 heteroatoms. The highest BCUT2D eigenvalue weighted by molar-refractivity contribution is 5.81. The van der Waals surface area contributed by atoms with Gasteiger partial charge in [0.05, 0.1) is 0 Å². The Kier molecular flexibility index (Phi) is 6.51. The van der Waals surface area contributed by atoms with Crippen molar-refractivity contribution in [2.75, 3.05) is 6.54 Å². The summed E-state index contributed by atoms with van der Waals surface area (Å²) in [6, 6.07) is 0. The van der Waals surface area contributed by atoms with Crippen molar-refractivity contribution >= 4 is 5.78 Å². The highest BCUT2D eigenvalue weighted by Crippen LogP contribution is 2.13. The van der Waals surface area contributed by atoms with E-state index in [4.69, 9.17) is 5.73 Å². The molecule has 0 radical (unpaired) electrons. The van der Waals surface area contributed by atoms with Gasteiger partial charge in [0.25, 0.3) is 0 Å². The second-order valence-electron chi connectivity index (χ2n) is 3.86. The fraction of sp³-hybridized carbons (Fsp3) is 0.727. The van der Waals surface area contributed by atoms with Gasteiger partial charge in [0.1, 0.15) is 5.78 Å². The summed E-state index contributed by atoms with van der Waals surface area (Å²) in [5, 5.41) is 0. The molecule has 0 aliphatic rings. The molecule has 0 heterocycles. The maximum absolute atomic E-state index is 11.5. The van der Waals surface area contributed by atoms with E-state index in [9.17, 15) is 4.79 Å². The molecule has 0 spiro atoms. The largest absolute Gasteiger partial charge is 0.330 e.